The molecular weight excluding hydrogens is 492 g/mol. The van der Waals surface area contributed by atoms with E-state index >= 15 is 0 Å². The average Bonchev–Trinajstić information content (AvgIpc) is 2.85. The Morgan fingerprint density at radius 2 is 1.62 bits per heavy atom. The van der Waals surface area contributed by atoms with Crippen LogP contribution in [0.3, 0.4) is 0 Å². The minimum Gasteiger partial charge on any atom is -0.374 e. The van der Waals surface area contributed by atoms with Crippen LogP contribution in [0.2, 0.25) is 0 Å². The lowest BCUT2D eigenvalue weighted by Crippen LogP contribution is -2.50. The minimum absolute atomic E-state index is 0.0389. The molecule has 34 heavy (non-hydrogen) atoms. The number of ether oxygens (including phenoxy) is 3. The van der Waals surface area contributed by atoms with Gasteiger partial charge in [0.15, 0.2) is 5.78 Å². The van der Waals surface area contributed by atoms with Gasteiger partial charge >= 0.3 is 0 Å². The number of benzene rings is 3. The van der Waals surface area contributed by atoms with E-state index in [1.165, 1.54) is 0 Å². The summed E-state index contributed by atoms with van der Waals surface area (Å²) >= 11 is 3.49. The molecule has 1 fully saturated rings. The number of carbonyl (C=O) groups is 1. The van der Waals surface area contributed by atoms with Crippen molar-refractivity contribution in [3.63, 3.8) is 0 Å². The summed E-state index contributed by atoms with van der Waals surface area (Å²) < 4.78 is 19.6. The van der Waals surface area contributed by atoms with E-state index in [0.29, 0.717) is 25.4 Å². The van der Waals surface area contributed by atoms with Crippen molar-refractivity contribution >= 4 is 21.7 Å². The second-order valence-electron chi connectivity index (χ2n) is 8.97. The van der Waals surface area contributed by atoms with Crippen molar-refractivity contribution < 1.29 is 19.0 Å². The molecule has 1 heterocycles. The first-order valence-corrected chi connectivity index (χ1v) is 12.5. The quantitative estimate of drug-likeness (QED) is 0.299. The van der Waals surface area contributed by atoms with Crippen LogP contribution in [0.4, 0.5) is 0 Å². The normalized spacial score (nSPS) is 22.4. The standard InChI is InChI=1S/C29H31BrO4/c1-20-15-24(30)13-14-25(20)28(31)29-26(33-18-23-11-7-4-8-12-23)16-21(2)27(34-29)19-32-17-22-9-5-3-6-10-22/h3-15,21,26-27,29H,16-19H2,1-2H3/t21-,26?,27?,29-/m0/s1. The Hall–Kier alpha value is -2.31. The third kappa shape index (κ3) is 6.42. The van der Waals surface area contributed by atoms with E-state index in [0.717, 1.165) is 27.6 Å². The van der Waals surface area contributed by atoms with Gasteiger partial charge in [0.1, 0.15) is 6.10 Å². The summed E-state index contributed by atoms with van der Waals surface area (Å²) in [5.74, 6) is 0.162. The van der Waals surface area contributed by atoms with Crippen LogP contribution in [-0.4, -0.2) is 30.7 Å². The number of carbonyl (C=O) groups excluding carboxylic acids is 1. The second kappa shape index (κ2) is 11.9. The summed E-state index contributed by atoms with van der Waals surface area (Å²) in [5, 5.41) is 0. The maximum Gasteiger partial charge on any atom is 0.194 e. The molecule has 3 aromatic carbocycles. The maximum absolute atomic E-state index is 13.6. The smallest absolute Gasteiger partial charge is 0.194 e. The summed E-state index contributed by atoms with van der Waals surface area (Å²) in [4.78, 5) is 13.6. The van der Waals surface area contributed by atoms with Crippen LogP contribution in [0.25, 0.3) is 0 Å². The van der Waals surface area contributed by atoms with Gasteiger partial charge in [-0.25, -0.2) is 0 Å². The van der Waals surface area contributed by atoms with Crippen LogP contribution in [0.15, 0.2) is 83.3 Å². The van der Waals surface area contributed by atoms with Crippen molar-refractivity contribution in [2.45, 2.75) is 51.8 Å². The fraction of sp³-hybridized carbons (Fsp3) is 0.345. The van der Waals surface area contributed by atoms with E-state index in [1.54, 1.807) is 0 Å². The molecule has 5 heteroatoms. The van der Waals surface area contributed by atoms with E-state index in [2.05, 4.69) is 22.9 Å². The van der Waals surface area contributed by atoms with Gasteiger partial charge < -0.3 is 14.2 Å². The Morgan fingerprint density at radius 3 is 2.26 bits per heavy atom. The van der Waals surface area contributed by atoms with Gasteiger partial charge in [-0.3, -0.25) is 4.79 Å². The highest BCUT2D eigenvalue weighted by Gasteiger charge is 2.41. The number of ketones is 1. The molecule has 2 unspecified atom stereocenters. The Balaban J connectivity index is 1.48. The van der Waals surface area contributed by atoms with E-state index in [9.17, 15) is 4.79 Å². The molecule has 0 aliphatic carbocycles. The molecule has 0 spiro atoms. The maximum atomic E-state index is 13.6. The fourth-order valence-corrected chi connectivity index (χ4v) is 4.82. The predicted molar refractivity (Wildman–Crippen MR) is 137 cm³/mol. The highest BCUT2D eigenvalue weighted by molar-refractivity contribution is 9.10. The molecule has 3 aromatic rings. The number of halogens is 1. The Kier molecular flexibility index (Phi) is 8.68. The molecule has 1 saturated heterocycles. The van der Waals surface area contributed by atoms with Crippen molar-refractivity contribution in [2.75, 3.05) is 6.61 Å². The van der Waals surface area contributed by atoms with Crippen LogP contribution < -0.4 is 0 Å². The fourth-order valence-electron chi connectivity index (χ4n) is 4.34. The Labute approximate surface area is 210 Å². The summed E-state index contributed by atoms with van der Waals surface area (Å²) in [6.07, 6.45) is -0.440. The zero-order valence-electron chi connectivity index (χ0n) is 19.7. The van der Waals surface area contributed by atoms with E-state index < -0.39 is 6.10 Å². The lowest BCUT2D eigenvalue weighted by molar-refractivity contribution is -0.163. The molecule has 0 saturated carbocycles. The highest BCUT2D eigenvalue weighted by Crippen LogP contribution is 2.31. The molecule has 0 bridgehead atoms. The molecular formula is C29H31BrO4. The van der Waals surface area contributed by atoms with Crippen LogP contribution in [0, 0.1) is 12.8 Å². The molecule has 0 N–H and O–H groups in total. The van der Waals surface area contributed by atoms with Gasteiger partial charge in [-0.2, -0.15) is 0 Å². The second-order valence-corrected chi connectivity index (χ2v) is 9.88. The lowest BCUT2D eigenvalue weighted by atomic mass is 9.87. The highest BCUT2D eigenvalue weighted by atomic mass is 79.9. The third-order valence-electron chi connectivity index (χ3n) is 6.31. The van der Waals surface area contributed by atoms with Crippen LogP contribution in [0.5, 0.6) is 0 Å². The van der Waals surface area contributed by atoms with E-state index in [1.807, 2.05) is 85.8 Å². The first kappa shape index (κ1) is 24.8. The van der Waals surface area contributed by atoms with Gasteiger partial charge in [-0.1, -0.05) is 83.5 Å². The number of Topliss-reactive ketones (excluding diaryl/α,β-unsaturated/α-hetero) is 1. The average molecular weight is 523 g/mol. The summed E-state index contributed by atoms with van der Waals surface area (Å²) in [7, 11) is 0. The Morgan fingerprint density at radius 1 is 0.971 bits per heavy atom. The molecule has 0 radical (unpaired) electrons. The van der Waals surface area contributed by atoms with Gasteiger partial charge in [-0.15, -0.1) is 0 Å². The first-order valence-electron chi connectivity index (χ1n) is 11.7. The monoisotopic (exact) mass is 522 g/mol. The number of hydrogen-bond acceptors (Lipinski definition) is 4. The van der Waals surface area contributed by atoms with Crippen molar-refractivity contribution in [3.8, 4) is 0 Å². The van der Waals surface area contributed by atoms with Gasteiger partial charge in [0.25, 0.3) is 0 Å². The molecule has 1 aliphatic rings. The van der Waals surface area contributed by atoms with Gasteiger partial charge in [-0.05, 0) is 54.2 Å². The predicted octanol–water partition coefficient (Wildman–Crippen LogP) is 6.54. The molecule has 0 aromatic heterocycles. The zero-order chi connectivity index (χ0) is 23.9. The summed E-state index contributed by atoms with van der Waals surface area (Å²) in [5.41, 5.74) is 3.78. The van der Waals surface area contributed by atoms with Crippen molar-refractivity contribution in [1.29, 1.82) is 0 Å². The molecule has 178 valence electrons. The third-order valence-corrected chi connectivity index (χ3v) is 6.80. The van der Waals surface area contributed by atoms with Crippen LogP contribution in [0.1, 0.15) is 40.4 Å². The summed E-state index contributed by atoms with van der Waals surface area (Å²) in [6.45, 7) is 5.49. The minimum atomic E-state index is -0.676. The largest absolute Gasteiger partial charge is 0.374 e. The van der Waals surface area contributed by atoms with Gasteiger partial charge in [0, 0.05) is 10.0 Å². The Bertz CT molecular complexity index is 1070. The molecule has 4 nitrogen and oxygen atoms in total. The van der Waals surface area contributed by atoms with Gasteiger partial charge in [0.2, 0.25) is 0 Å². The van der Waals surface area contributed by atoms with Crippen molar-refractivity contribution in [2.24, 2.45) is 5.92 Å². The number of rotatable bonds is 9. The van der Waals surface area contributed by atoms with Crippen molar-refractivity contribution in [1.82, 2.24) is 0 Å². The lowest BCUT2D eigenvalue weighted by Gasteiger charge is -2.39. The van der Waals surface area contributed by atoms with E-state index in [4.69, 9.17) is 14.2 Å². The molecule has 0 amide bonds. The zero-order valence-corrected chi connectivity index (χ0v) is 21.2. The first-order chi connectivity index (χ1) is 16.5. The molecule has 4 rings (SSSR count). The van der Waals surface area contributed by atoms with Crippen LogP contribution in [-0.2, 0) is 27.4 Å². The number of aryl methyl sites for hydroxylation is 1. The van der Waals surface area contributed by atoms with Crippen molar-refractivity contribution in [3.05, 3.63) is 106 Å². The van der Waals surface area contributed by atoms with Gasteiger partial charge in [0.05, 0.1) is 32.0 Å². The SMILES string of the molecule is Cc1cc(Br)ccc1C(=O)[C@H]1OC(COCc2ccccc2)[C@@H](C)CC1OCc1ccccc1. The topological polar surface area (TPSA) is 44.8 Å². The van der Waals surface area contributed by atoms with Crippen LogP contribution >= 0.6 is 15.9 Å². The van der Waals surface area contributed by atoms with E-state index in [-0.39, 0.29) is 23.9 Å². The molecule has 4 atom stereocenters. The number of hydrogen-bond donors (Lipinski definition) is 0. The summed E-state index contributed by atoms with van der Waals surface area (Å²) in [6, 6.07) is 25.8. The molecule has 1 aliphatic heterocycles.